The van der Waals surface area contributed by atoms with Crippen LogP contribution in [-0.4, -0.2) is 47.7 Å². The third-order valence-corrected chi connectivity index (χ3v) is 5.26. The fourth-order valence-corrected chi connectivity index (χ4v) is 3.58. The van der Waals surface area contributed by atoms with Gasteiger partial charge in [-0.3, -0.25) is 4.99 Å². The minimum atomic E-state index is 0.421. The molecule has 2 heterocycles. The van der Waals surface area contributed by atoms with E-state index in [0.717, 1.165) is 43.3 Å². The maximum Gasteiger partial charge on any atom is 0.193 e. The van der Waals surface area contributed by atoms with Gasteiger partial charge in [0, 0.05) is 39.1 Å². The van der Waals surface area contributed by atoms with Crippen molar-refractivity contribution >= 4 is 5.96 Å². The summed E-state index contributed by atoms with van der Waals surface area (Å²) >= 11 is 0. The Bertz CT molecular complexity index is 741. The average molecular weight is 355 g/mol. The number of rotatable bonds is 4. The van der Waals surface area contributed by atoms with E-state index in [0.29, 0.717) is 12.0 Å². The minimum absolute atomic E-state index is 0.421. The number of methoxy groups -OCH3 is 1. The van der Waals surface area contributed by atoms with E-state index in [1.165, 1.54) is 5.56 Å². The molecule has 0 saturated carbocycles. The third kappa shape index (κ3) is 4.00. The van der Waals surface area contributed by atoms with E-state index in [1.54, 1.807) is 7.11 Å². The molecular formula is C20H29N5O. The Morgan fingerprint density at radius 2 is 2.27 bits per heavy atom. The summed E-state index contributed by atoms with van der Waals surface area (Å²) < 4.78 is 7.64. The van der Waals surface area contributed by atoms with Crippen LogP contribution in [0.2, 0.25) is 0 Å². The molecule has 2 aromatic rings. The van der Waals surface area contributed by atoms with Gasteiger partial charge in [-0.05, 0) is 36.5 Å². The first-order valence-electron chi connectivity index (χ1n) is 9.19. The Morgan fingerprint density at radius 1 is 1.42 bits per heavy atom. The summed E-state index contributed by atoms with van der Waals surface area (Å²) in [5.74, 6) is 2.49. The number of benzene rings is 1. The van der Waals surface area contributed by atoms with E-state index in [4.69, 9.17) is 4.74 Å². The zero-order valence-electron chi connectivity index (χ0n) is 16.1. The normalized spacial score (nSPS) is 20.9. The summed E-state index contributed by atoms with van der Waals surface area (Å²) in [6.45, 7) is 7.06. The lowest BCUT2D eigenvalue weighted by molar-refractivity contribution is 0.189. The highest BCUT2D eigenvalue weighted by Gasteiger charge is 2.28. The van der Waals surface area contributed by atoms with Crippen molar-refractivity contribution in [1.82, 2.24) is 19.8 Å². The van der Waals surface area contributed by atoms with E-state index in [2.05, 4.69) is 63.0 Å². The number of hydrogen-bond donors (Lipinski definition) is 1. The Kier molecular flexibility index (Phi) is 5.81. The molecule has 1 N–H and O–H groups in total. The molecule has 1 fully saturated rings. The van der Waals surface area contributed by atoms with Crippen LogP contribution in [0.3, 0.4) is 0 Å². The molecule has 1 aliphatic heterocycles. The fraction of sp³-hybridized carbons (Fsp3) is 0.500. The lowest BCUT2D eigenvalue weighted by atomic mass is 9.93. The molecule has 2 atom stereocenters. The van der Waals surface area contributed by atoms with Crippen molar-refractivity contribution in [3.05, 3.63) is 48.0 Å². The lowest BCUT2D eigenvalue weighted by Crippen LogP contribution is -2.48. The standard InChI is InChI=1S/C20H29N5O/c1-15-7-9-24(13-18(15)25-10-8-22-14-25)20(21-3)23-12-17-6-5-16(2)19(11-17)26-4/h5-6,8,10-11,14-15,18H,7,9,12-13H2,1-4H3,(H,21,23). The van der Waals surface area contributed by atoms with E-state index < -0.39 is 0 Å². The first-order valence-corrected chi connectivity index (χ1v) is 9.19. The number of guanidine groups is 1. The summed E-state index contributed by atoms with van der Waals surface area (Å²) in [6.07, 6.45) is 6.96. The van der Waals surface area contributed by atoms with Crippen molar-refractivity contribution in [3.8, 4) is 5.75 Å². The minimum Gasteiger partial charge on any atom is -0.496 e. The van der Waals surface area contributed by atoms with Gasteiger partial charge >= 0.3 is 0 Å². The van der Waals surface area contributed by atoms with Crippen LogP contribution in [0, 0.1) is 12.8 Å². The highest BCUT2D eigenvalue weighted by molar-refractivity contribution is 5.80. The van der Waals surface area contributed by atoms with Crippen LogP contribution < -0.4 is 10.1 Å². The summed E-state index contributed by atoms with van der Waals surface area (Å²) in [4.78, 5) is 11.1. The quantitative estimate of drug-likeness (QED) is 0.677. The molecule has 0 amide bonds. The van der Waals surface area contributed by atoms with Gasteiger partial charge < -0.3 is 19.5 Å². The predicted molar refractivity (Wildman–Crippen MR) is 105 cm³/mol. The number of aliphatic imine (C=N–C) groups is 1. The van der Waals surface area contributed by atoms with Gasteiger partial charge in [0.25, 0.3) is 0 Å². The first-order chi connectivity index (χ1) is 12.6. The van der Waals surface area contributed by atoms with Crippen molar-refractivity contribution in [1.29, 1.82) is 0 Å². The Morgan fingerprint density at radius 3 is 2.96 bits per heavy atom. The van der Waals surface area contributed by atoms with E-state index in [-0.39, 0.29) is 0 Å². The molecule has 6 heteroatoms. The number of aryl methyl sites for hydroxylation is 1. The second-order valence-corrected chi connectivity index (χ2v) is 6.99. The molecule has 3 rings (SSSR count). The molecule has 0 radical (unpaired) electrons. The van der Waals surface area contributed by atoms with Crippen LogP contribution in [0.1, 0.15) is 30.5 Å². The number of piperidine rings is 1. The molecule has 1 aliphatic rings. The van der Waals surface area contributed by atoms with Crippen molar-refractivity contribution < 1.29 is 4.74 Å². The average Bonchev–Trinajstić information content (AvgIpc) is 3.19. The van der Waals surface area contributed by atoms with Gasteiger partial charge in [-0.1, -0.05) is 19.1 Å². The van der Waals surface area contributed by atoms with E-state index in [1.807, 2.05) is 19.6 Å². The maximum atomic E-state index is 5.43. The Labute approximate surface area is 155 Å². The Balaban J connectivity index is 1.65. The number of likely N-dealkylation sites (tertiary alicyclic amines) is 1. The summed E-state index contributed by atoms with van der Waals surface area (Å²) in [5, 5.41) is 3.50. The first kappa shape index (κ1) is 18.3. The smallest absolute Gasteiger partial charge is 0.193 e. The van der Waals surface area contributed by atoms with E-state index in [9.17, 15) is 0 Å². The van der Waals surface area contributed by atoms with Crippen LogP contribution in [-0.2, 0) is 6.54 Å². The van der Waals surface area contributed by atoms with Gasteiger partial charge in [0.2, 0.25) is 0 Å². The number of imidazole rings is 1. The second-order valence-electron chi connectivity index (χ2n) is 6.99. The highest BCUT2D eigenvalue weighted by atomic mass is 16.5. The number of ether oxygens (including phenoxy) is 1. The topological polar surface area (TPSA) is 54.7 Å². The molecule has 140 valence electrons. The molecule has 0 spiro atoms. The number of hydrogen-bond acceptors (Lipinski definition) is 3. The zero-order chi connectivity index (χ0) is 18.5. The maximum absolute atomic E-state index is 5.43. The van der Waals surface area contributed by atoms with Crippen molar-refractivity contribution in [2.45, 2.75) is 32.9 Å². The van der Waals surface area contributed by atoms with Gasteiger partial charge in [0.05, 0.1) is 19.5 Å². The second kappa shape index (κ2) is 8.25. The molecule has 0 aliphatic carbocycles. The van der Waals surface area contributed by atoms with Crippen LogP contribution in [0.25, 0.3) is 0 Å². The molecule has 1 aromatic carbocycles. The zero-order valence-corrected chi connectivity index (χ0v) is 16.1. The summed E-state index contributed by atoms with van der Waals surface area (Å²) in [6, 6.07) is 6.73. The third-order valence-electron chi connectivity index (χ3n) is 5.26. The van der Waals surface area contributed by atoms with Gasteiger partial charge in [-0.2, -0.15) is 0 Å². The van der Waals surface area contributed by atoms with Gasteiger partial charge in [-0.15, -0.1) is 0 Å². The molecule has 0 bridgehead atoms. The van der Waals surface area contributed by atoms with Crippen LogP contribution >= 0.6 is 0 Å². The molecule has 1 saturated heterocycles. The summed E-state index contributed by atoms with van der Waals surface area (Å²) in [5.41, 5.74) is 2.33. The molecule has 2 unspecified atom stereocenters. The molecule has 6 nitrogen and oxygen atoms in total. The molecule has 1 aromatic heterocycles. The van der Waals surface area contributed by atoms with Crippen LogP contribution in [0.5, 0.6) is 5.75 Å². The van der Waals surface area contributed by atoms with Crippen molar-refractivity contribution in [2.24, 2.45) is 10.9 Å². The number of aromatic nitrogens is 2. The van der Waals surface area contributed by atoms with Crippen molar-refractivity contribution in [2.75, 3.05) is 27.2 Å². The van der Waals surface area contributed by atoms with Gasteiger partial charge in [-0.25, -0.2) is 4.98 Å². The monoisotopic (exact) mass is 355 g/mol. The summed E-state index contributed by atoms with van der Waals surface area (Å²) in [7, 11) is 3.56. The Hall–Kier alpha value is -2.50. The van der Waals surface area contributed by atoms with Crippen LogP contribution in [0.4, 0.5) is 0 Å². The number of nitrogens with zero attached hydrogens (tertiary/aromatic N) is 4. The van der Waals surface area contributed by atoms with Gasteiger partial charge in [0.1, 0.15) is 5.75 Å². The molecular weight excluding hydrogens is 326 g/mol. The lowest BCUT2D eigenvalue weighted by Gasteiger charge is -2.39. The highest BCUT2D eigenvalue weighted by Crippen LogP contribution is 2.27. The van der Waals surface area contributed by atoms with Crippen molar-refractivity contribution in [3.63, 3.8) is 0 Å². The SMILES string of the molecule is CN=C(NCc1ccc(C)c(OC)c1)N1CCC(C)C(n2ccnc2)C1. The number of nitrogens with one attached hydrogen (secondary N) is 1. The predicted octanol–water partition coefficient (Wildman–Crippen LogP) is 2.86. The van der Waals surface area contributed by atoms with E-state index >= 15 is 0 Å². The fourth-order valence-electron chi connectivity index (χ4n) is 3.58. The largest absolute Gasteiger partial charge is 0.496 e. The molecule has 26 heavy (non-hydrogen) atoms. The van der Waals surface area contributed by atoms with Gasteiger partial charge in [0.15, 0.2) is 5.96 Å². The van der Waals surface area contributed by atoms with Crippen LogP contribution in [0.15, 0.2) is 41.9 Å².